The lowest BCUT2D eigenvalue weighted by atomic mass is 9.93. The first-order valence-electron chi connectivity index (χ1n) is 6.32. The number of carbonyl (C=O) groups is 1. The van der Waals surface area contributed by atoms with E-state index in [9.17, 15) is 9.90 Å². The van der Waals surface area contributed by atoms with E-state index in [4.69, 9.17) is 0 Å². The summed E-state index contributed by atoms with van der Waals surface area (Å²) < 4.78 is 0. The van der Waals surface area contributed by atoms with Gasteiger partial charge in [-0.2, -0.15) is 0 Å². The van der Waals surface area contributed by atoms with Gasteiger partial charge in [-0.25, -0.2) is 0 Å². The van der Waals surface area contributed by atoms with Crippen LogP contribution in [0.2, 0.25) is 0 Å². The number of nitrogens with zero attached hydrogens (tertiary/aromatic N) is 1. The number of nitrogens with one attached hydrogen (secondary N) is 1. The predicted octanol–water partition coefficient (Wildman–Crippen LogP) is 2.15. The first-order chi connectivity index (χ1) is 8.75. The van der Waals surface area contributed by atoms with Crippen LogP contribution in [0.25, 0.3) is 0 Å². The molecule has 0 saturated heterocycles. The first kappa shape index (κ1) is 12.6. The number of pyridine rings is 1. The van der Waals surface area contributed by atoms with Crippen LogP contribution in [-0.4, -0.2) is 16.0 Å². The molecule has 1 atom stereocenters. The van der Waals surface area contributed by atoms with Gasteiger partial charge in [0.25, 0.3) is 0 Å². The molecule has 2 N–H and O–H groups in total. The fraction of sp³-hybridized carbons (Fsp3) is 0.429. The van der Waals surface area contributed by atoms with Crippen LogP contribution in [0.5, 0.6) is 5.75 Å². The number of amides is 1. The molecule has 18 heavy (non-hydrogen) atoms. The van der Waals surface area contributed by atoms with Crippen molar-refractivity contribution in [2.45, 2.75) is 32.2 Å². The van der Waals surface area contributed by atoms with Crippen molar-refractivity contribution >= 4 is 5.91 Å². The second-order valence-electron chi connectivity index (χ2n) is 4.57. The van der Waals surface area contributed by atoms with Crippen LogP contribution in [0.3, 0.4) is 0 Å². The Hall–Kier alpha value is -1.84. The smallest absolute Gasteiger partial charge is 0.220 e. The van der Waals surface area contributed by atoms with Crippen LogP contribution in [-0.2, 0) is 11.3 Å². The van der Waals surface area contributed by atoms with Gasteiger partial charge in [0.05, 0.1) is 6.54 Å². The maximum absolute atomic E-state index is 11.7. The lowest BCUT2D eigenvalue weighted by Crippen LogP contribution is -2.25. The Balaban J connectivity index is 1.80. The van der Waals surface area contributed by atoms with Crippen molar-refractivity contribution in [1.82, 2.24) is 10.3 Å². The molecular weight excluding hydrogens is 228 g/mol. The van der Waals surface area contributed by atoms with Gasteiger partial charge in [-0.3, -0.25) is 9.78 Å². The molecule has 1 unspecified atom stereocenters. The van der Waals surface area contributed by atoms with E-state index in [-0.39, 0.29) is 18.2 Å². The number of aromatic nitrogens is 1. The highest BCUT2D eigenvalue weighted by Crippen LogP contribution is 2.20. The zero-order chi connectivity index (χ0) is 12.8. The molecule has 0 spiro atoms. The van der Waals surface area contributed by atoms with Crippen LogP contribution in [0.1, 0.15) is 31.4 Å². The van der Waals surface area contributed by atoms with Crippen molar-refractivity contribution < 1.29 is 9.90 Å². The summed E-state index contributed by atoms with van der Waals surface area (Å²) in [4.78, 5) is 15.8. The Morgan fingerprint density at radius 3 is 3.17 bits per heavy atom. The molecule has 0 saturated carbocycles. The van der Waals surface area contributed by atoms with Crippen LogP contribution in [0.4, 0.5) is 0 Å². The lowest BCUT2D eigenvalue weighted by molar-refractivity contribution is -0.121. The third-order valence-corrected chi connectivity index (χ3v) is 3.12. The van der Waals surface area contributed by atoms with Crippen LogP contribution in [0, 0.1) is 5.92 Å². The predicted molar refractivity (Wildman–Crippen MR) is 68.8 cm³/mol. The molecule has 0 aromatic carbocycles. The zero-order valence-electron chi connectivity index (χ0n) is 10.3. The molecule has 0 aliphatic heterocycles. The second-order valence-corrected chi connectivity index (χ2v) is 4.57. The Bertz CT molecular complexity index is 443. The number of allylic oxidation sites excluding steroid dienone is 2. The summed E-state index contributed by atoms with van der Waals surface area (Å²) in [5, 5.41) is 12.3. The van der Waals surface area contributed by atoms with Crippen molar-refractivity contribution in [3.8, 4) is 5.75 Å². The summed E-state index contributed by atoms with van der Waals surface area (Å²) in [5.41, 5.74) is 0.505. The van der Waals surface area contributed by atoms with Crippen LogP contribution < -0.4 is 5.32 Å². The second kappa shape index (κ2) is 6.19. The third-order valence-electron chi connectivity index (χ3n) is 3.12. The van der Waals surface area contributed by atoms with E-state index in [1.165, 1.54) is 0 Å². The molecule has 0 fully saturated rings. The Kier molecular flexibility index (Phi) is 4.34. The molecule has 1 amide bonds. The van der Waals surface area contributed by atoms with Crippen LogP contribution in [0.15, 0.2) is 30.5 Å². The number of rotatable bonds is 4. The minimum atomic E-state index is 0.0107. The summed E-state index contributed by atoms with van der Waals surface area (Å²) in [6.45, 7) is 0.280. The summed E-state index contributed by atoms with van der Waals surface area (Å²) >= 11 is 0. The van der Waals surface area contributed by atoms with E-state index >= 15 is 0 Å². The van der Waals surface area contributed by atoms with Gasteiger partial charge in [-0.1, -0.05) is 12.2 Å². The monoisotopic (exact) mass is 246 g/mol. The average molecular weight is 246 g/mol. The molecule has 0 bridgehead atoms. The van der Waals surface area contributed by atoms with Gasteiger partial charge in [0.15, 0.2) is 0 Å². The Morgan fingerprint density at radius 2 is 2.44 bits per heavy atom. The SMILES string of the molecule is O=C(CC1C=CCCC1)NCc1ncccc1O. The number of hydrogen-bond donors (Lipinski definition) is 2. The van der Waals surface area contributed by atoms with Gasteiger partial charge >= 0.3 is 0 Å². The van der Waals surface area contributed by atoms with E-state index in [1.54, 1.807) is 18.3 Å². The summed E-state index contributed by atoms with van der Waals surface area (Å²) in [5.74, 6) is 0.489. The highest BCUT2D eigenvalue weighted by molar-refractivity contribution is 5.76. The zero-order valence-corrected chi connectivity index (χ0v) is 10.3. The summed E-state index contributed by atoms with van der Waals surface area (Å²) in [6, 6.07) is 3.23. The molecule has 0 radical (unpaired) electrons. The number of carbonyl (C=O) groups excluding carboxylic acids is 1. The van der Waals surface area contributed by atoms with Gasteiger partial charge in [0.1, 0.15) is 11.4 Å². The third kappa shape index (κ3) is 3.58. The van der Waals surface area contributed by atoms with Crippen molar-refractivity contribution in [2.24, 2.45) is 5.92 Å². The maximum atomic E-state index is 11.7. The number of aromatic hydroxyl groups is 1. The van der Waals surface area contributed by atoms with Gasteiger partial charge in [0, 0.05) is 12.6 Å². The Labute approximate surface area is 107 Å². The van der Waals surface area contributed by atoms with E-state index < -0.39 is 0 Å². The highest BCUT2D eigenvalue weighted by atomic mass is 16.3. The summed E-state index contributed by atoms with van der Waals surface area (Å²) in [7, 11) is 0. The normalized spacial score (nSPS) is 18.6. The standard InChI is InChI=1S/C14H18N2O2/c17-13-7-4-8-15-12(13)10-16-14(18)9-11-5-2-1-3-6-11/h2,4-5,7-8,11,17H,1,3,6,9-10H2,(H,16,18). The molecule has 1 aromatic rings. The van der Waals surface area contributed by atoms with Gasteiger partial charge in [0.2, 0.25) is 5.91 Å². The molecule has 1 heterocycles. The van der Waals surface area contributed by atoms with E-state index in [1.807, 2.05) is 0 Å². The topological polar surface area (TPSA) is 62.2 Å². The lowest BCUT2D eigenvalue weighted by Gasteiger charge is -2.15. The molecular formula is C14H18N2O2. The molecule has 1 aliphatic rings. The average Bonchev–Trinajstić information content (AvgIpc) is 2.39. The minimum absolute atomic E-state index is 0.0107. The van der Waals surface area contributed by atoms with E-state index in [0.717, 1.165) is 19.3 Å². The van der Waals surface area contributed by atoms with Gasteiger partial charge in [-0.15, -0.1) is 0 Å². The first-order valence-corrected chi connectivity index (χ1v) is 6.32. The molecule has 1 aliphatic carbocycles. The quantitative estimate of drug-likeness (QED) is 0.800. The minimum Gasteiger partial charge on any atom is -0.506 e. The van der Waals surface area contributed by atoms with E-state index in [2.05, 4.69) is 22.5 Å². The van der Waals surface area contributed by atoms with Crippen molar-refractivity contribution in [1.29, 1.82) is 0 Å². The molecule has 1 aromatic heterocycles. The summed E-state index contributed by atoms with van der Waals surface area (Å²) in [6.07, 6.45) is 9.76. The Morgan fingerprint density at radius 1 is 1.56 bits per heavy atom. The van der Waals surface area contributed by atoms with E-state index in [0.29, 0.717) is 18.0 Å². The molecule has 2 rings (SSSR count). The van der Waals surface area contributed by atoms with Crippen LogP contribution >= 0.6 is 0 Å². The van der Waals surface area contributed by atoms with Gasteiger partial charge in [-0.05, 0) is 37.3 Å². The van der Waals surface area contributed by atoms with Gasteiger partial charge < -0.3 is 10.4 Å². The largest absolute Gasteiger partial charge is 0.506 e. The maximum Gasteiger partial charge on any atom is 0.220 e. The molecule has 4 nitrogen and oxygen atoms in total. The fourth-order valence-electron chi connectivity index (χ4n) is 2.11. The number of hydrogen-bond acceptors (Lipinski definition) is 3. The highest BCUT2D eigenvalue weighted by Gasteiger charge is 2.13. The van der Waals surface area contributed by atoms with Crippen molar-refractivity contribution in [3.05, 3.63) is 36.2 Å². The molecule has 4 heteroatoms. The fourth-order valence-corrected chi connectivity index (χ4v) is 2.11. The molecule has 96 valence electrons. The van der Waals surface area contributed by atoms with Crippen molar-refractivity contribution in [3.63, 3.8) is 0 Å². The van der Waals surface area contributed by atoms with Crippen molar-refractivity contribution in [2.75, 3.05) is 0 Å².